The van der Waals surface area contributed by atoms with Crippen LogP contribution in [0, 0.1) is 0 Å². The molecule has 0 spiro atoms. The Morgan fingerprint density at radius 3 is 1.00 bits per heavy atom. The van der Waals surface area contributed by atoms with Crippen molar-refractivity contribution in [2.24, 2.45) is 0 Å². The molecule has 0 amide bonds. The van der Waals surface area contributed by atoms with Gasteiger partial charge in [0.05, 0.1) is 0 Å². The molecule has 0 aliphatic rings. The van der Waals surface area contributed by atoms with Crippen molar-refractivity contribution >= 4 is 0 Å². The SMILES string of the molecule is CCCC.CCOCC.COC. The van der Waals surface area contributed by atoms with Gasteiger partial charge in [0.25, 0.3) is 0 Å². The summed E-state index contributed by atoms with van der Waals surface area (Å²) in [4.78, 5) is 0. The summed E-state index contributed by atoms with van der Waals surface area (Å²) < 4.78 is 9.08. The molecule has 0 atom stereocenters. The zero-order valence-corrected chi connectivity index (χ0v) is 9.64. The van der Waals surface area contributed by atoms with Crippen LogP contribution in [0.4, 0.5) is 0 Å². The fourth-order valence-corrected chi connectivity index (χ4v) is 0.204. The average molecular weight is 178 g/mol. The monoisotopic (exact) mass is 178 g/mol. The highest BCUT2D eigenvalue weighted by molar-refractivity contribution is 4.12. The first-order valence-electron chi connectivity index (χ1n) is 4.72. The molecule has 0 saturated heterocycles. The van der Waals surface area contributed by atoms with Gasteiger partial charge in [-0.25, -0.2) is 0 Å². The van der Waals surface area contributed by atoms with Crippen LogP contribution in [0.15, 0.2) is 0 Å². The van der Waals surface area contributed by atoms with Crippen molar-refractivity contribution in [1.82, 2.24) is 0 Å². The lowest BCUT2D eigenvalue weighted by atomic mass is 10.4. The van der Waals surface area contributed by atoms with Crippen LogP contribution in [-0.4, -0.2) is 27.4 Å². The number of hydrogen-bond acceptors (Lipinski definition) is 2. The van der Waals surface area contributed by atoms with Crippen LogP contribution < -0.4 is 0 Å². The van der Waals surface area contributed by atoms with Gasteiger partial charge in [0.15, 0.2) is 0 Å². The van der Waals surface area contributed by atoms with Gasteiger partial charge in [0, 0.05) is 27.4 Å². The van der Waals surface area contributed by atoms with E-state index in [2.05, 4.69) is 18.6 Å². The summed E-state index contributed by atoms with van der Waals surface area (Å²) in [5, 5.41) is 0. The van der Waals surface area contributed by atoms with E-state index in [1.54, 1.807) is 14.2 Å². The maximum absolute atomic E-state index is 4.83. The Hall–Kier alpha value is -0.0800. The largest absolute Gasteiger partial charge is 0.388 e. The highest BCUT2D eigenvalue weighted by atomic mass is 16.5. The van der Waals surface area contributed by atoms with Crippen molar-refractivity contribution in [3.05, 3.63) is 0 Å². The molecule has 0 saturated carbocycles. The second-order valence-corrected chi connectivity index (χ2v) is 2.19. The molecular weight excluding hydrogens is 152 g/mol. The molecule has 0 aromatic carbocycles. The summed E-state index contributed by atoms with van der Waals surface area (Å²) in [6, 6.07) is 0. The lowest BCUT2D eigenvalue weighted by molar-refractivity contribution is 0.162. The van der Waals surface area contributed by atoms with Crippen molar-refractivity contribution in [3.63, 3.8) is 0 Å². The van der Waals surface area contributed by atoms with Gasteiger partial charge in [-0.2, -0.15) is 0 Å². The predicted octanol–water partition coefficient (Wildman–Crippen LogP) is 3.11. The van der Waals surface area contributed by atoms with Crippen LogP contribution in [0.5, 0.6) is 0 Å². The standard InChI is InChI=1S/C4H10O.C4H10.C2H6O/c1-3-5-4-2;1-3-4-2;1-3-2/h3-4H2,1-2H3;3-4H2,1-2H3;1-2H3. The Bertz CT molecular complexity index is 34.8. The van der Waals surface area contributed by atoms with Gasteiger partial charge in [-0.1, -0.05) is 26.7 Å². The van der Waals surface area contributed by atoms with Crippen molar-refractivity contribution in [2.75, 3.05) is 27.4 Å². The van der Waals surface area contributed by atoms with E-state index in [9.17, 15) is 0 Å². The highest BCUT2D eigenvalue weighted by Crippen LogP contribution is 1.76. The average Bonchev–Trinajstić information content (AvgIpc) is 2.08. The first kappa shape index (κ1) is 17.9. The van der Waals surface area contributed by atoms with E-state index in [1.165, 1.54) is 12.8 Å². The molecule has 0 aliphatic heterocycles. The fourth-order valence-electron chi connectivity index (χ4n) is 0.204. The van der Waals surface area contributed by atoms with Crippen molar-refractivity contribution in [3.8, 4) is 0 Å². The van der Waals surface area contributed by atoms with E-state index in [0.717, 1.165) is 13.2 Å². The third kappa shape index (κ3) is 92.6. The molecule has 2 heteroatoms. The number of hydrogen-bond donors (Lipinski definition) is 0. The molecule has 0 unspecified atom stereocenters. The zero-order chi connectivity index (χ0) is 10.2. The minimum atomic E-state index is 0.844. The number of ether oxygens (including phenoxy) is 2. The van der Waals surface area contributed by atoms with E-state index >= 15 is 0 Å². The number of rotatable bonds is 3. The van der Waals surface area contributed by atoms with E-state index in [0.29, 0.717) is 0 Å². The first-order chi connectivity index (χ1) is 5.74. The Labute approximate surface area is 78.3 Å². The second kappa shape index (κ2) is 30.7. The van der Waals surface area contributed by atoms with Gasteiger partial charge in [-0.3, -0.25) is 0 Å². The summed E-state index contributed by atoms with van der Waals surface area (Å²) in [7, 11) is 3.25. The van der Waals surface area contributed by atoms with Gasteiger partial charge in [0.1, 0.15) is 0 Å². The van der Waals surface area contributed by atoms with E-state index < -0.39 is 0 Å². The molecule has 2 nitrogen and oxygen atoms in total. The van der Waals surface area contributed by atoms with Gasteiger partial charge in [0.2, 0.25) is 0 Å². The van der Waals surface area contributed by atoms with Gasteiger partial charge in [-0.15, -0.1) is 0 Å². The maximum atomic E-state index is 4.83. The van der Waals surface area contributed by atoms with Crippen molar-refractivity contribution in [1.29, 1.82) is 0 Å². The second-order valence-electron chi connectivity index (χ2n) is 2.19. The van der Waals surface area contributed by atoms with Gasteiger partial charge >= 0.3 is 0 Å². The van der Waals surface area contributed by atoms with E-state index in [-0.39, 0.29) is 0 Å². The van der Waals surface area contributed by atoms with Crippen LogP contribution in [0.25, 0.3) is 0 Å². The molecule has 0 fully saturated rings. The molecule has 0 heterocycles. The Morgan fingerprint density at radius 2 is 1.00 bits per heavy atom. The molecular formula is C10H26O2. The van der Waals surface area contributed by atoms with Crippen LogP contribution in [0.2, 0.25) is 0 Å². The number of methoxy groups -OCH3 is 1. The minimum Gasteiger partial charge on any atom is -0.388 e. The quantitative estimate of drug-likeness (QED) is 0.661. The Kier molecular flexibility index (Phi) is 45.6. The molecule has 0 aromatic rings. The topological polar surface area (TPSA) is 18.5 Å². The van der Waals surface area contributed by atoms with Crippen molar-refractivity contribution < 1.29 is 9.47 Å². The zero-order valence-electron chi connectivity index (χ0n) is 9.64. The molecule has 12 heavy (non-hydrogen) atoms. The lowest BCUT2D eigenvalue weighted by Crippen LogP contribution is -1.84. The highest BCUT2D eigenvalue weighted by Gasteiger charge is 1.64. The smallest absolute Gasteiger partial charge is 0.0437 e. The lowest BCUT2D eigenvalue weighted by Gasteiger charge is -1.86. The van der Waals surface area contributed by atoms with Gasteiger partial charge < -0.3 is 9.47 Å². The molecule has 0 aliphatic carbocycles. The molecule has 78 valence electrons. The Balaban J connectivity index is -0.000000105. The molecule has 0 aromatic heterocycles. The molecule has 0 bridgehead atoms. The molecule has 0 rings (SSSR count). The van der Waals surface area contributed by atoms with E-state index in [4.69, 9.17) is 4.74 Å². The molecule has 0 N–H and O–H groups in total. The minimum absolute atomic E-state index is 0.844. The number of unbranched alkanes of at least 4 members (excludes halogenated alkanes) is 1. The van der Waals surface area contributed by atoms with Crippen LogP contribution in [0.1, 0.15) is 40.5 Å². The van der Waals surface area contributed by atoms with Crippen LogP contribution in [-0.2, 0) is 9.47 Å². The summed E-state index contributed by atoms with van der Waals surface area (Å²) >= 11 is 0. The Morgan fingerprint density at radius 1 is 0.750 bits per heavy atom. The van der Waals surface area contributed by atoms with Crippen LogP contribution >= 0.6 is 0 Å². The maximum Gasteiger partial charge on any atom is 0.0437 e. The first-order valence-corrected chi connectivity index (χ1v) is 4.72. The van der Waals surface area contributed by atoms with Crippen LogP contribution in [0.3, 0.4) is 0 Å². The summed E-state index contributed by atoms with van der Waals surface area (Å²) in [5.74, 6) is 0. The third-order valence-electron chi connectivity index (χ3n) is 0.908. The normalized spacial score (nSPS) is 7.50. The van der Waals surface area contributed by atoms with E-state index in [1.807, 2.05) is 13.8 Å². The summed E-state index contributed by atoms with van der Waals surface area (Å²) in [6.45, 7) is 10.0. The summed E-state index contributed by atoms with van der Waals surface area (Å²) in [5.41, 5.74) is 0. The fraction of sp³-hybridized carbons (Fsp3) is 1.00. The van der Waals surface area contributed by atoms with Crippen molar-refractivity contribution in [2.45, 2.75) is 40.5 Å². The summed E-state index contributed by atoms with van der Waals surface area (Å²) in [6.07, 6.45) is 2.64. The van der Waals surface area contributed by atoms with Gasteiger partial charge in [-0.05, 0) is 13.8 Å². The third-order valence-corrected chi connectivity index (χ3v) is 0.908. The molecule has 0 radical (unpaired) electrons. The predicted molar refractivity (Wildman–Crippen MR) is 55.7 cm³/mol.